The highest BCUT2D eigenvalue weighted by atomic mass is 35.5. The Morgan fingerprint density at radius 2 is 1.62 bits per heavy atom. The maximum Gasteiger partial charge on any atom is 0.261 e. The van der Waals surface area contributed by atoms with E-state index in [0.29, 0.717) is 15.8 Å². The number of amides is 2. The van der Waals surface area contributed by atoms with Crippen molar-refractivity contribution < 1.29 is 14.3 Å². The minimum atomic E-state index is -0.689. The van der Waals surface area contributed by atoms with E-state index in [4.69, 9.17) is 27.9 Å². The first-order valence-electron chi connectivity index (χ1n) is 10.7. The van der Waals surface area contributed by atoms with Crippen LogP contribution in [0, 0.1) is 0 Å². The van der Waals surface area contributed by atoms with Crippen LogP contribution in [0.15, 0.2) is 42.5 Å². The number of carbonyl (C=O) groups excluding carboxylic acids is 2. The van der Waals surface area contributed by atoms with Gasteiger partial charge in [0.05, 0.1) is 10.0 Å². The van der Waals surface area contributed by atoms with Gasteiger partial charge in [0.25, 0.3) is 5.91 Å². The smallest absolute Gasteiger partial charge is 0.261 e. The number of nitrogens with zero attached hydrogens (tertiary/aromatic N) is 1. The first-order chi connectivity index (χ1) is 14.9. The molecule has 0 aliphatic rings. The predicted octanol–water partition coefficient (Wildman–Crippen LogP) is 5.61. The molecule has 7 heteroatoms. The summed E-state index contributed by atoms with van der Waals surface area (Å²) in [5.74, 6) is 0.0606. The molecule has 0 saturated heterocycles. The Bertz CT molecular complexity index is 937. The minimum Gasteiger partial charge on any atom is -0.484 e. The van der Waals surface area contributed by atoms with Gasteiger partial charge in [0.2, 0.25) is 5.91 Å². The van der Waals surface area contributed by atoms with Crippen LogP contribution < -0.4 is 10.1 Å². The Morgan fingerprint density at radius 1 is 1.00 bits per heavy atom. The molecule has 2 rings (SSSR count). The number of rotatable bonds is 8. The maximum atomic E-state index is 13.1. The largest absolute Gasteiger partial charge is 0.484 e. The summed E-state index contributed by atoms with van der Waals surface area (Å²) in [6.45, 7) is 11.9. The van der Waals surface area contributed by atoms with Crippen LogP contribution in [-0.4, -0.2) is 35.4 Å². The average Bonchev–Trinajstić information content (AvgIpc) is 2.71. The number of benzene rings is 2. The third kappa shape index (κ3) is 7.42. The fourth-order valence-corrected chi connectivity index (χ4v) is 3.42. The van der Waals surface area contributed by atoms with Gasteiger partial charge in [-0.05, 0) is 61.6 Å². The van der Waals surface area contributed by atoms with Gasteiger partial charge < -0.3 is 15.0 Å². The number of ether oxygens (including phenoxy) is 1. The van der Waals surface area contributed by atoms with Gasteiger partial charge in [-0.15, -0.1) is 0 Å². The molecular formula is C25H32Cl2N2O3. The SMILES string of the molecule is CC(C)NC(=O)[C@@H](C)N(Cc1ccc(Cl)c(Cl)c1)C(=O)COc1ccc(C(C)(C)C)cc1. The van der Waals surface area contributed by atoms with Crippen LogP contribution in [0.4, 0.5) is 0 Å². The summed E-state index contributed by atoms with van der Waals surface area (Å²) in [4.78, 5) is 27.2. The Balaban J connectivity index is 2.16. The highest BCUT2D eigenvalue weighted by molar-refractivity contribution is 6.42. The number of halogens is 2. The second kappa shape index (κ2) is 11.1. The summed E-state index contributed by atoms with van der Waals surface area (Å²) in [5.41, 5.74) is 1.98. The van der Waals surface area contributed by atoms with E-state index < -0.39 is 6.04 Å². The Labute approximate surface area is 201 Å². The quantitative estimate of drug-likeness (QED) is 0.535. The molecule has 0 saturated carbocycles. The van der Waals surface area contributed by atoms with E-state index >= 15 is 0 Å². The van der Waals surface area contributed by atoms with Crippen LogP contribution in [0.2, 0.25) is 10.0 Å². The molecule has 174 valence electrons. The highest BCUT2D eigenvalue weighted by Gasteiger charge is 2.27. The van der Waals surface area contributed by atoms with Crippen molar-refractivity contribution in [3.63, 3.8) is 0 Å². The summed E-state index contributed by atoms with van der Waals surface area (Å²) in [7, 11) is 0. The van der Waals surface area contributed by atoms with Crippen molar-refractivity contribution in [3.8, 4) is 5.75 Å². The predicted molar refractivity (Wildman–Crippen MR) is 130 cm³/mol. The Morgan fingerprint density at radius 3 is 2.16 bits per heavy atom. The Kier molecular flexibility index (Phi) is 8.99. The molecule has 0 unspecified atom stereocenters. The summed E-state index contributed by atoms with van der Waals surface area (Å²) in [6, 6.07) is 12.1. The van der Waals surface area contributed by atoms with E-state index in [1.807, 2.05) is 38.1 Å². The molecule has 2 aromatic carbocycles. The lowest BCUT2D eigenvalue weighted by atomic mass is 9.87. The van der Waals surface area contributed by atoms with Crippen LogP contribution in [0.1, 0.15) is 52.7 Å². The third-order valence-electron chi connectivity index (χ3n) is 5.02. The van der Waals surface area contributed by atoms with Gasteiger partial charge >= 0.3 is 0 Å². The summed E-state index contributed by atoms with van der Waals surface area (Å²) in [6.07, 6.45) is 0. The Hall–Kier alpha value is -2.24. The first-order valence-corrected chi connectivity index (χ1v) is 11.4. The standard InChI is InChI=1S/C25H32Cl2N2O3/c1-16(2)28-24(31)17(3)29(14-18-7-12-21(26)22(27)13-18)23(30)15-32-20-10-8-19(9-11-20)25(4,5)6/h7-13,16-17H,14-15H2,1-6H3,(H,28,31)/t17-/m1/s1. The molecule has 0 spiro atoms. The topological polar surface area (TPSA) is 58.6 Å². The van der Waals surface area contributed by atoms with E-state index in [9.17, 15) is 9.59 Å². The number of nitrogens with one attached hydrogen (secondary N) is 1. The molecule has 0 fully saturated rings. The van der Waals surface area contributed by atoms with Crippen LogP contribution in [0.3, 0.4) is 0 Å². The zero-order valence-corrected chi connectivity index (χ0v) is 21.1. The van der Waals surface area contributed by atoms with Crippen LogP contribution in [0.25, 0.3) is 0 Å². The second-order valence-electron chi connectivity index (χ2n) is 9.17. The molecule has 0 heterocycles. The van der Waals surface area contributed by atoms with Gasteiger partial charge in [-0.25, -0.2) is 0 Å². The molecule has 0 radical (unpaired) electrons. The number of hydrogen-bond donors (Lipinski definition) is 1. The lowest BCUT2D eigenvalue weighted by molar-refractivity contribution is -0.142. The summed E-state index contributed by atoms with van der Waals surface area (Å²) < 4.78 is 5.74. The second-order valence-corrected chi connectivity index (χ2v) is 9.99. The van der Waals surface area contributed by atoms with Crippen molar-refractivity contribution in [1.29, 1.82) is 0 Å². The van der Waals surface area contributed by atoms with Crippen molar-refractivity contribution in [2.75, 3.05) is 6.61 Å². The highest BCUT2D eigenvalue weighted by Crippen LogP contribution is 2.25. The monoisotopic (exact) mass is 478 g/mol. The number of carbonyl (C=O) groups is 2. The van der Waals surface area contributed by atoms with Gasteiger partial charge in [0.1, 0.15) is 11.8 Å². The summed E-state index contributed by atoms with van der Waals surface area (Å²) in [5, 5.41) is 3.68. The average molecular weight is 479 g/mol. The van der Waals surface area contributed by atoms with Crippen molar-refractivity contribution in [1.82, 2.24) is 10.2 Å². The molecule has 0 aliphatic heterocycles. The van der Waals surface area contributed by atoms with Gasteiger partial charge in [0, 0.05) is 12.6 Å². The molecule has 2 amide bonds. The van der Waals surface area contributed by atoms with E-state index in [1.54, 1.807) is 25.1 Å². The molecule has 0 bridgehead atoms. The van der Waals surface area contributed by atoms with Crippen LogP contribution in [-0.2, 0) is 21.5 Å². The van der Waals surface area contributed by atoms with Crippen LogP contribution >= 0.6 is 23.2 Å². The maximum absolute atomic E-state index is 13.1. The van der Waals surface area contributed by atoms with Crippen molar-refractivity contribution in [2.24, 2.45) is 0 Å². The molecule has 2 aromatic rings. The first kappa shape index (κ1) is 26.0. The normalized spacial score (nSPS) is 12.4. The van der Waals surface area contributed by atoms with E-state index in [1.165, 1.54) is 10.5 Å². The fourth-order valence-electron chi connectivity index (χ4n) is 3.10. The molecule has 0 aromatic heterocycles. The van der Waals surface area contributed by atoms with Crippen molar-refractivity contribution in [3.05, 3.63) is 63.6 Å². The molecule has 5 nitrogen and oxygen atoms in total. The van der Waals surface area contributed by atoms with Gasteiger partial charge in [-0.1, -0.05) is 62.2 Å². The third-order valence-corrected chi connectivity index (χ3v) is 5.76. The minimum absolute atomic E-state index is 0.0320. The van der Waals surface area contributed by atoms with E-state index in [2.05, 4.69) is 26.1 Å². The molecule has 32 heavy (non-hydrogen) atoms. The zero-order chi connectivity index (χ0) is 24.1. The van der Waals surface area contributed by atoms with E-state index in [-0.39, 0.29) is 36.4 Å². The number of hydrogen-bond acceptors (Lipinski definition) is 3. The lowest BCUT2D eigenvalue weighted by Gasteiger charge is -2.29. The molecule has 1 atom stereocenters. The van der Waals surface area contributed by atoms with Crippen molar-refractivity contribution >= 4 is 35.0 Å². The van der Waals surface area contributed by atoms with Gasteiger partial charge in [0.15, 0.2) is 6.61 Å². The molecular weight excluding hydrogens is 447 g/mol. The molecule has 0 aliphatic carbocycles. The summed E-state index contributed by atoms with van der Waals surface area (Å²) >= 11 is 12.1. The fraction of sp³-hybridized carbons (Fsp3) is 0.440. The van der Waals surface area contributed by atoms with E-state index in [0.717, 1.165) is 5.56 Å². The zero-order valence-electron chi connectivity index (χ0n) is 19.5. The van der Waals surface area contributed by atoms with Gasteiger partial charge in [-0.2, -0.15) is 0 Å². The molecule has 1 N–H and O–H groups in total. The van der Waals surface area contributed by atoms with Gasteiger partial charge in [-0.3, -0.25) is 9.59 Å². The lowest BCUT2D eigenvalue weighted by Crippen LogP contribution is -2.50. The van der Waals surface area contributed by atoms with Crippen molar-refractivity contribution in [2.45, 2.75) is 65.6 Å². The van der Waals surface area contributed by atoms with Crippen LogP contribution in [0.5, 0.6) is 5.75 Å².